The minimum atomic E-state index is 0.864. The maximum Gasteiger partial charge on any atom is 0.0596 e. The van der Waals surface area contributed by atoms with Gasteiger partial charge < -0.3 is 5.21 Å². The van der Waals surface area contributed by atoms with Crippen LogP contribution in [0.4, 0.5) is 0 Å². The average Bonchev–Trinajstić information content (AvgIpc) is 2.31. The van der Waals surface area contributed by atoms with E-state index in [0.29, 0.717) is 0 Å². The van der Waals surface area contributed by atoms with Crippen molar-refractivity contribution in [3.63, 3.8) is 0 Å². The van der Waals surface area contributed by atoms with E-state index in [1.807, 2.05) is 24.4 Å². The summed E-state index contributed by atoms with van der Waals surface area (Å²) in [6.07, 6.45) is 3.55. The Balaban J connectivity index is 1.87. The summed E-state index contributed by atoms with van der Waals surface area (Å²) in [6, 6.07) is 5.97. The van der Waals surface area contributed by atoms with Gasteiger partial charge in [0.15, 0.2) is 0 Å². The maximum atomic E-state index is 8.62. The Morgan fingerprint density at radius 3 is 2.73 bits per heavy atom. The molecular formula is C11H15N3O. The van der Waals surface area contributed by atoms with Crippen molar-refractivity contribution in [2.45, 2.75) is 19.4 Å². The minimum absolute atomic E-state index is 0.864. The fraction of sp³-hybridized carbons (Fsp3) is 0.455. The first-order valence-electron chi connectivity index (χ1n) is 5.20. The normalized spacial score (nSPS) is 17.7. The second-order valence-corrected chi connectivity index (χ2v) is 3.76. The molecular weight excluding hydrogens is 190 g/mol. The molecule has 2 rings (SSSR count). The third-order valence-electron chi connectivity index (χ3n) is 2.69. The van der Waals surface area contributed by atoms with Crippen molar-refractivity contribution >= 4 is 5.71 Å². The second-order valence-electron chi connectivity index (χ2n) is 3.76. The molecule has 0 saturated carbocycles. The monoisotopic (exact) mass is 205 g/mol. The highest BCUT2D eigenvalue weighted by atomic mass is 16.4. The molecule has 4 heteroatoms. The first-order chi connectivity index (χ1) is 7.38. The summed E-state index contributed by atoms with van der Waals surface area (Å²) in [5.74, 6) is 0. The maximum absolute atomic E-state index is 8.62. The summed E-state index contributed by atoms with van der Waals surface area (Å²) in [7, 11) is 0. The highest BCUT2D eigenvalue weighted by Crippen LogP contribution is 2.10. The lowest BCUT2D eigenvalue weighted by Crippen LogP contribution is -2.33. The average molecular weight is 205 g/mol. The molecule has 1 aromatic heterocycles. The third-order valence-corrected chi connectivity index (χ3v) is 2.69. The molecule has 0 aromatic carbocycles. The van der Waals surface area contributed by atoms with Gasteiger partial charge in [-0.3, -0.25) is 9.88 Å². The van der Waals surface area contributed by atoms with Crippen LogP contribution in [0.5, 0.6) is 0 Å². The van der Waals surface area contributed by atoms with E-state index in [1.54, 1.807) is 0 Å². The van der Waals surface area contributed by atoms with Crippen molar-refractivity contribution in [1.82, 2.24) is 9.88 Å². The minimum Gasteiger partial charge on any atom is -0.411 e. The van der Waals surface area contributed by atoms with E-state index in [4.69, 9.17) is 5.21 Å². The Labute approximate surface area is 89.2 Å². The lowest BCUT2D eigenvalue weighted by Gasteiger charge is -2.26. The summed E-state index contributed by atoms with van der Waals surface area (Å²) < 4.78 is 0. The van der Waals surface area contributed by atoms with E-state index in [9.17, 15) is 0 Å². The van der Waals surface area contributed by atoms with Gasteiger partial charge in [-0.15, -0.1) is 0 Å². The Bertz CT molecular complexity index is 327. The molecule has 1 N–H and O–H groups in total. The zero-order valence-electron chi connectivity index (χ0n) is 8.63. The van der Waals surface area contributed by atoms with Gasteiger partial charge in [-0.05, 0) is 12.1 Å². The molecule has 0 atom stereocenters. The van der Waals surface area contributed by atoms with Gasteiger partial charge in [-0.2, -0.15) is 0 Å². The van der Waals surface area contributed by atoms with E-state index in [0.717, 1.165) is 43.9 Å². The molecule has 2 heterocycles. The number of hydrogen-bond donors (Lipinski definition) is 1. The number of likely N-dealkylation sites (tertiary alicyclic amines) is 1. The number of piperidine rings is 1. The van der Waals surface area contributed by atoms with Gasteiger partial charge in [-0.1, -0.05) is 11.2 Å². The first kappa shape index (κ1) is 10.1. The zero-order chi connectivity index (χ0) is 10.5. The molecule has 1 fully saturated rings. The van der Waals surface area contributed by atoms with Gasteiger partial charge in [0.25, 0.3) is 0 Å². The molecule has 0 unspecified atom stereocenters. The van der Waals surface area contributed by atoms with E-state index in [-0.39, 0.29) is 0 Å². The third kappa shape index (κ3) is 2.76. The lowest BCUT2D eigenvalue weighted by atomic mass is 10.1. The van der Waals surface area contributed by atoms with Crippen molar-refractivity contribution in [2.75, 3.05) is 13.1 Å². The van der Waals surface area contributed by atoms with Crippen LogP contribution in [0.1, 0.15) is 18.5 Å². The van der Waals surface area contributed by atoms with Gasteiger partial charge in [0.1, 0.15) is 0 Å². The van der Waals surface area contributed by atoms with Crippen LogP contribution in [0.25, 0.3) is 0 Å². The molecule has 80 valence electrons. The smallest absolute Gasteiger partial charge is 0.0596 e. The summed E-state index contributed by atoms with van der Waals surface area (Å²) in [5, 5.41) is 11.9. The Morgan fingerprint density at radius 2 is 2.13 bits per heavy atom. The predicted octanol–water partition coefficient (Wildman–Crippen LogP) is 1.51. The molecule has 1 aromatic rings. The van der Waals surface area contributed by atoms with E-state index < -0.39 is 0 Å². The second kappa shape index (κ2) is 4.89. The van der Waals surface area contributed by atoms with E-state index in [2.05, 4.69) is 15.0 Å². The standard InChI is InChI=1S/C11H15N3O/c15-13-10-4-7-14(8-5-10)9-11-3-1-2-6-12-11/h1-3,6,15H,4-5,7-9H2. The van der Waals surface area contributed by atoms with Crippen LogP contribution in [0.15, 0.2) is 29.6 Å². The summed E-state index contributed by atoms with van der Waals surface area (Å²) in [5.41, 5.74) is 2.01. The number of pyridine rings is 1. The van der Waals surface area contributed by atoms with Crippen molar-refractivity contribution in [3.05, 3.63) is 30.1 Å². The summed E-state index contributed by atoms with van der Waals surface area (Å²) in [6.45, 7) is 2.80. The Kier molecular flexibility index (Phi) is 3.29. The van der Waals surface area contributed by atoms with Gasteiger partial charge in [0, 0.05) is 38.7 Å². The van der Waals surface area contributed by atoms with Crippen LogP contribution < -0.4 is 0 Å². The Hall–Kier alpha value is -1.42. The van der Waals surface area contributed by atoms with Crippen LogP contribution in [-0.2, 0) is 6.54 Å². The fourth-order valence-corrected chi connectivity index (χ4v) is 1.79. The van der Waals surface area contributed by atoms with Crippen LogP contribution in [0.3, 0.4) is 0 Å². The topological polar surface area (TPSA) is 48.7 Å². The van der Waals surface area contributed by atoms with Gasteiger partial charge in [-0.25, -0.2) is 0 Å². The molecule has 0 radical (unpaired) electrons. The van der Waals surface area contributed by atoms with Crippen LogP contribution >= 0.6 is 0 Å². The molecule has 0 spiro atoms. The van der Waals surface area contributed by atoms with Crippen molar-refractivity contribution in [3.8, 4) is 0 Å². The van der Waals surface area contributed by atoms with Gasteiger partial charge in [0.2, 0.25) is 0 Å². The molecule has 15 heavy (non-hydrogen) atoms. The SMILES string of the molecule is ON=C1CCN(Cc2ccccn2)CC1. The molecule has 4 nitrogen and oxygen atoms in total. The van der Waals surface area contributed by atoms with E-state index in [1.165, 1.54) is 0 Å². The molecule has 1 saturated heterocycles. The van der Waals surface area contributed by atoms with Crippen LogP contribution in [0, 0.1) is 0 Å². The number of rotatable bonds is 2. The Morgan fingerprint density at radius 1 is 1.33 bits per heavy atom. The lowest BCUT2D eigenvalue weighted by molar-refractivity contribution is 0.253. The highest BCUT2D eigenvalue weighted by molar-refractivity contribution is 5.84. The van der Waals surface area contributed by atoms with Crippen molar-refractivity contribution in [2.24, 2.45) is 5.16 Å². The number of aromatic nitrogens is 1. The van der Waals surface area contributed by atoms with Gasteiger partial charge >= 0.3 is 0 Å². The van der Waals surface area contributed by atoms with Crippen LogP contribution in [-0.4, -0.2) is 33.9 Å². The summed E-state index contributed by atoms with van der Waals surface area (Å²) in [4.78, 5) is 6.62. The highest BCUT2D eigenvalue weighted by Gasteiger charge is 2.15. The molecule has 0 amide bonds. The van der Waals surface area contributed by atoms with Crippen molar-refractivity contribution in [1.29, 1.82) is 0 Å². The largest absolute Gasteiger partial charge is 0.411 e. The number of oxime groups is 1. The molecule has 1 aliphatic rings. The number of hydrogen-bond acceptors (Lipinski definition) is 4. The number of nitrogens with zero attached hydrogens (tertiary/aromatic N) is 3. The molecule has 0 bridgehead atoms. The quantitative estimate of drug-likeness (QED) is 0.588. The van der Waals surface area contributed by atoms with Crippen LogP contribution in [0.2, 0.25) is 0 Å². The molecule has 0 aliphatic carbocycles. The molecule has 1 aliphatic heterocycles. The first-order valence-corrected chi connectivity index (χ1v) is 5.20. The van der Waals surface area contributed by atoms with E-state index >= 15 is 0 Å². The summed E-state index contributed by atoms with van der Waals surface area (Å²) >= 11 is 0. The zero-order valence-corrected chi connectivity index (χ0v) is 8.63. The fourth-order valence-electron chi connectivity index (χ4n) is 1.79. The van der Waals surface area contributed by atoms with Gasteiger partial charge in [0.05, 0.1) is 11.4 Å². The van der Waals surface area contributed by atoms with Crippen molar-refractivity contribution < 1.29 is 5.21 Å². The predicted molar refractivity (Wildman–Crippen MR) is 58.0 cm³/mol.